The Morgan fingerprint density at radius 3 is 2.67 bits per heavy atom. The molecule has 1 rings (SSSR count). The van der Waals surface area contributed by atoms with Gasteiger partial charge in [-0.2, -0.15) is 0 Å². The summed E-state index contributed by atoms with van der Waals surface area (Å²) in [5.74, 6) is -0.169. The van der Waals surface area contributed by atoms with E-state index in [1.54, 1.807) is 6.07 Å². The molecule has 0 bridgehead atoms. The third kappa shape index (κ3) is 3.33. The first-order chi connectivity index (χ1) is 8.51. The van der Waals surface area contributed by atoms with E-state index in [4.69, 9.17) is 0 Å². The summed E-state index contributed by atoms with van der Waals surface area (Å²) in [5, 5.41) is 3.17. The predicted molar refractivity (Wildman–Crippen MR) is 76.6 cm³/mol. The van der Waals surface area contributed by atoms with Gasteiger partial charge in [-0.15, -0.1) is 0 Å². The summed E-state index contributed by atoms with van der Waals surface area (Å²) < 4.78 is 14.1. The molecule has 0 heterocycles. The fraction of sp³-hybridized carbons (Fsp3) is 0.467. The van der Waals surface area contributed by atoms with Crippen LogP contribution in [0.5, 0.6) is 0 Å². The van der Waals surface area contributed by atoms with Gasteiger partial charge in [-0.25, -0.2) is 4.39 Å². The second-order valence-electron chi connectivity index (χ2n) is 4.66. The van der Waals surface area contributed by atoms with Crippen molar-refractivity contribution in [2.75, 3.05) is 25.0 Å². The zero-order valence-corrected chi connectivity index (χ0v) is 11.8. The SMILES string of the molecule is C=C(C)CN(CC)c1c(F)cccc1C(C)NC. The van der Waals surface area contributed by atoms with Gasteiger partial charge in [0.1, 0.15) is 5.82 Å². The quantitative estimate of drug-likeness (QED) is 0.777. The van der Waals surface area contributed by atoms with Crippen LogP contribution in [0.4, 0.5) is 10.1 Å². The number of likely N-dealkylation sites (N-methyl/N-ethyl adjacent to an activating group) is 1. The van der Waals surface area contributed by atoms with E-state index >= 15 is 0 Å². The third-order valence-corrected chi connectivity index (χ3v) is 3.08. The molecule has 3 heteroatoms. The standard InChI is InChI=1S/C15H23FN2/c1-6-18(10-11(2)3)15-13(12(4)17-5)8-7-9-14(15)16/h7-9,12,17H,2,6,10H2,1,3-5H3. The predicted octanol–water partition coefficient (Wildman–Crippen LogP) is 3.51. The Morgan fingerprint density at radius 2 is 2.17 bits per heavy atom. The molecule has 0 aliphatic carbocycles. The van der Waals surface area contributed by atoms with Crippen LogP contribution in [0.15, 0.2) is 30.4 Å². The van der Waals surface area contributed by atoms with E-state index in [1.807, 2.05) is 38.8 Å². The molecular formula is C15H23FN2. The van der Waals surface area contributed by atoms with Gasteiger partial charge in [0.25, 0.3) is 0 Å². The number of anilines is 1. The van der Waals surface area contributed by atoms with Crippen LogP contribution in [0.1, 0.15) is 32.4 Å². The molecule has 2 nitrogen and oxygen atoms in total. The molecule has 0 amide bonds. The Hall–Kier alpha value is -1.35. The summed E-state index contributed by atoms with van der Waals surface area (Å²) in [6, 6.07) is 5.37. The van der Waals surface area contributed by atoms with Crippen LogP contribution in [-0.4, -0.2) is 20.1 Å². The molecule has 1 N–H and O–H groups in total. The molecule has 0 saturated heterocycles. The number of nitrogens with zero attached hydrogens (tertiary/aromatic N) is 1. The van der Waals surface area contributed by atoms with Gasteiger partial charge in [0, 0.05) is 19.1 Å². The van der Waals surface area contributed by atoms with Gasteiger partial charge in [-0.3, -0.25) is 0 Å². The molecule has 0 spiro atoms. The van der Waals surface area contributed by atoms with Crippen LogP contribution in [0, 0.1) is 5.82 Å². The molecule has 18 heavy (non-hydrogen) atoms. The molecule has 1 aromatic rings. The van der Waals surface area contributed by atoms with Crippen molar-refractivity contribution in [2.24, 2.45) is 0 Å². The number of halogens is 1. The van der Waals surface area contributed by atoms with E-state index in [0.717, 1.165) is 17.7 Å². The van der Waals surface area contributed by atoms with Crippen molar-refractivity contribution in [3.8, 4) is 0 Å². The molecule has 0 aromatic heterocycles. The Morgan fingerprint density at radius 1 is 1.50 bits per heavy atom. The van der Waals surface area contributed by atoms with E-state index in [-0.39, 0.29) is 11.9 Å². The van der Waals surface area contributed by atoms with E-state index in [9.17, 15) is 4.39 Å². The smallest absolute Gasteiger partial charge is 0.146 e. The lowest BCUT2D eigenvalue weighted by atomic mass is 10.0. The fourth-order valence-electron chi connectivity index (χ4n) is 2.05. The van der Waals surface area contributed by atoms with E-state index in [1.165, 1.54) is 6.07 Å². The highest BCUT2D eigenvalue weighted by atomic mass is 19.1. The van der Waals surface area contributed by atoms with Crippen molar-refractivity contribution in [1.29, 1.82) is 0 Å². The summed E-state index contributed by atoms with van der Waals surface area (Å²) in [4.78, 5) is 2.03. The number of para-hydroxylation sites is 1. The molecule has 1 aromatic carbocycles. The molecule has 0 fully saturated rings. The van der Waals surface area contributed by atoms with Crippen molar-refractivity contribution in [1.82, 2.24) is 5.32 Å². The van der Waals surface area contributed by atoms with Crippen LogP contribution in [-0.2, 0) is 0 Å². The van der Waals surface area contributed by atoms with Crippen LogP contribution in [0.25, 0.3) is 0 Å². The van der Waals surface area contributed by atoms with E-state index in [0.29, 0.717) is 12.2 Å². The highest BCUT2D eigenvalue weighted by molar-refractivity contribution is 5.56. The Balaban J connectivity index is 3.22. The highest BCUT2D eigenvalue weighted by Crippen LogP contribution is 2.29. The number of hydrogen-bond acceptors (Lipinski definition) is 2. The van der Waals surface area contributed by atoms with Crippen molar-refractivity contribution in [3.05, 3.63) is 41.7 Å². The van der Waals surface area contributed by atoms with E-state index in [2.05, 4.69) is 11.9 Å². The van der Waals surface area contributed by atoms with Crippen molar-refractivity contribution >= 4 is 5.69 Å². The molecule has 1 atom stereocenters. The van der Waals surface area contributed by atoms with Crippen LogP contribution in [0.3, 0.4) is 0 Å². The molecule has 0 aliphatic heterocycles. The minimum absolute atomic E-state index is 0.120. The average molecular weight is 250 g/mol. The number of hydrogen-bond donors (Lipinski definition) is 1. The van der Waals surface area contributed by atoms with Crippen LogP contribution >= 0.6 is 0 Å². The second-order valence-corrected chi connectivity index (χ2v) is 4.66. The Bertz CT molecular complexity index is 415. The van der Waals surface area contributed by atoms with Crippen molar-refractivity contribution in [2.45, 2.75) is 26.8 Å². The first kappa shape index (κ1) is 14.7. The number of rotatable bonds is 6. The zero-order valence-electron chi connectivity index (χ0n) is 11.8. The van der Waals surface area contributed by atoms with Gasteiger partial charge in [-0.1, -0.05) is 24.3 Å². The maximum atomic E-state index is 14.1. The van der Waals surface area contributed by atoms with Gasteiger partial charge in [0.2, 0.25) is 0 Å². The van der Waals surface area contributed by atoms with Crippen molar-refractivity contribution < 1.29 is 4.39 Å². The lowest BCUT2D eigenvalue weighted by Gasteiger charge is -2.28. The van der Waals surface area contributed by atoms with Gasteiger partial charge in [0.15, 0.2) is 0 Å². The molecule has 0 aliphatic rings. The van der Waals surface area contributed by atoms with Gasteiger partial charge in [-0.05, 0) is 39.4 Å². The normalized spacial score (nSPS) is 12.3. The highest BCUT2D eigenvalue weighted by Gasteiger charge is 2.17. The second kappa shape index (κ2) is 6.55. The maximum Gasteiger partial charge on any atom is 0.146 e. The number of nitrogens with one attached hydrogen (secondary N) is 1. The summed E-state index contributed by atoms with van der Waals surface area (Å²) in [6.45, 7) is 11.4. The Kier molecular flexibility index (Phi) is 5.35. The molecule has 1 unspecified atom stereocenters. The number of benzene rings is 1. The summed E-state index contributed by atoms with van der Waals surface area (Å²) in [7, 11) is 1.88. The summed E-state index contributed by atoms with van der Waals surface area (Å²) >= 11 is 0. The third-order valence-electron chi connectivity index (χ3n) is 3.08. The molecular weight excluding hydrogens is 227 g/mol. The van der Waals surface area contributed by atoms with E-state index < -0.39 is 0 Å². The lowest BCUT2D eigenvalue weighted by molar-refractivity contribution is 0.601. The molecule has 0 radical (unpaired) electrons. The average Bonchev–Trinajstić information content (AvgIpc) is 2.34. The minimum atomic E-state index is -0.169. The monoisotopic (exact) mass is 250 g/mol. The maximum absolute atomic E-state index is 14.1. The molecule has 0 saturated carbocycles. The zero-order chi connectivity index (χ0) is 13.7. The first-order valence-corrected chi connectivity index (χ1v) is 6.36. The summed E-state index contributed by atoms with van der Waals surface area (Å²) in [5.41, 5.74) is 2.70. The van der Waals surface area contributed by atoms with Crippen LogP contribution in [0.2, 0.25) is 0 Å². The Labute approximate surface area is 110 Å². The first-order valence-electron chi connectivity index (χ1n) is 6.36. The lowest BCUT2D eigenvalue weighted by Crippen LogP contribution is -2.28. The summed E-state index contributed by atoms with van der Waals surface area (Å²) in [6.07, 6.45) is 0. The molecule has 100 valence electrons. The van der Waals surface area contributed by atoms with Crippen LogP contribution < -0.4 is 10.2 Å². The minimum Gasteiger partial charge on any atom is -0.365 e. The topological polar surface area (TPSA) is 15.3 Å². The van der Waals surface area contributed by atoms with Gasteiger partial charge >= 0.3 is 0 Å². The van der Waals surface area contributed by atoms with Gasteiger partial charge < -0.3 is 10.2 Å². The largest absolute Gasteiger partial charge is 0.365 e. The van der Waals surface area contributed by atoms with Gasteiger partial charge in [0.05, 0.1) is 5.69 Å². The van der Waals surface area contributed by atoms with Crippen molar-refractivity contribution in [3.63, 3.8) is 0 Å². The fourth-order valence-corrected chi connectivity index (χ4v) is 2.05.